The molecular formula is C24H27ClN2. The van der Waals surface area contributed by atoms with Crippen LogP contribution in [-0.2, 0) is 13.0 Å². The number of aromatic nitrogens is 2. The summed E-state index contributed by atoms with van der Waals surface area (Å²) in [7, 11) is 0. The molecule has 0 amide bonds. The van der Waals surface area contributed by atoms with Crippen LogP contribution in [0, 0.1) is 5.92 Å². The summed E-state index contributed by atoms with van der Waals surface area (Å²) in [6.45, 7) is 3.28. The van der Waals surface area contributed by atoms with Gasteiger partial charge in [-0.2, -0.15) is 5.10 Å². The fourth-order valence-corrected chi connectivity index (χ4v) is 4.47. The van der Waals surface area contributed by atoms with E-state index in [0.29, 0.717) is 0 Å². The molecule has 0 atom stereocenters. The van der Waals surface area contributed by atoms with Gasteiger partial charge in [-0.25, -0.2) is 0 Å². The predicted molar refractivity (Wildman–Crippen MR) is 114 cm³/mol. The van der Waals surface area contributed by atoms with E-state index >= 15 is 0 Å². The van der Waals surface area contributed by atoms with Crippen molar-refractivity contribution in [2.75, 3.05) is 0 Å². The van der Waals surface area contributed by atoms with Gasteiger partial charge in [-0.3, -0.25) is 4.68 Å². The Kier molecular flexibility index (Phi) is 5.63. The van der Waals surface area contributed by atoms with Crippen molar-refractivity contribution in [2.45, 2.75) is 52.0 Å². The fraction of sp³-hybridized carbons (Fsp3) is 0.375. The molecule has 0 spiro atoms. The Balaban J connectivity index is 1.81. The first-order chi connectivity index (χ1) is 13.3. The van der Waals surface area contributed by atoms with E-state index in [4.69, 9.17) is 16.7 Å². The van der Waals surface area contributed by atoms with Gasteiger partial charge < -0.3 is 0 Å². The first-order valence-electron chi connectivity index (χ1n) is 10.2. The molecule has 1 aromatic heterocycles. The van der Waals surface area contributed by atoms with Crippen LogP contribution in [0.15, 0.2) is 54.6 Å². The molecule has 1 aliphatic carbocycles. The minimum absolute atomic E-state index is 0.755. The van der Waals surface area contributed by atoms with Crippen molar-refractivity contribution in [3.63, 3.8) is 0 Å². The minimum atomic E-state index is 0.755. The van der Waals surface area contributed by atoms with Gasteiger partial charge in [-0.05, 0) is 42.9 Å². The zero-order valence-corrected chi connectivity index (χ0v) is 16.8. The van der Waals surface area contributed by atoms with Gasteiger partial charge in [-0.15, -0.1) is 0 Å². The van der Waals surface area contributed by atoms with Gasteiger partial charge in [-0.1, -0.05) is 80.3 Å². The Morgan fingerprint density at radius 3 is 2.30 bits per heavy atom. The number of hydrogen-bond acceptors (Lipinski definition) is 1. The third-order valence-electron chi connectivity index (χ3n) is 5.73. The van der Waals surface area contributed by atoms with Crippen molar-refractivity contribution < 1.29 is 0 Å². The summed E-state index contributed by atoms with van der Waals surface area (Å²) in [6, 6.07) is 18.8. The highest BCUT2D eigenvalue weighted by molar-refractivity contribution is 6.30. The van der Waals surface area contributed by atoms with Crippen molar-refractivity contribution in [2.24, 2.45) is 5.92 Å². The summed E-state index contributed by atoms with van der Waals surface area (Å²) >= 11 is 6.12. The lowest BCUT2D eigenvalue weighted by Gasteiger charge is -2.22. The lowest BCUT2D eigenvalue weighted by molar-refractivity contribution is 0.305. The van der Waals surface area contributed by atoms with Crippen LogP contribution in [0.2, 0.25) is 5.02 Å². The third kappa shape index (κ3) is 3.96. The second kappa shape index (κ2) is 8.31. The molecule has 0 saturated heterocycles. The quantitative estimate of drug-likeness (QED) is 0.466. The van der Waals surface area contributed by atoms with Crippen molar-refractivity contribution in [1.29, 1.82) is 0 Å². The zero-order chi connectivity index (χ0) is 18.6. The second-order valence-electron chi connectivity index (χ2n) is 7.58. The Morgan fingerprint density at radius 2 is 1.63 bits per heavy atom. The Labute approximate surface area is 167 Å². The molecule has 1 saturated carbocycles. The third-order valence-corrected chi connectivity index (χ3v) is 5.98. The molecule has 1 aliphatic rings. The zero-order valence-electron chi connectivity index (χ0n) is 16.0. The highest BCUT2D eigenvalue weighted by atomic mass is 35.5. The van der Waals surface area contributed by atoms with E-state index in [-0.39, 0.29) is 0 Å². The van der Waals surface area contributed by atoms with Crippen LogP contribution in [0.4, 0.5) is 0 Å². The topological polar surface area (TPSA) is 17.8 Å². The molecule has 27 heavy (non-hydrogen) atoms. The van der Waals surface area contributed by atoms with Gasteiger partial charge in [0.15, 0.2) is 0 Å². The average molecular weight is 379 g/mol. The SMILES string of the molecule is CCc1c(-c2ccccc2)c(-c2ccc(Cl)cc2)nn1CC1CCCCC1. The first-order valence-corrected chi connectivity index (χ1v) is 10.5. The maximum absolute atomic E-state index is 6.12. The van der Waals surface area contributed by atoms with Crippen LogP contribution in [-0.4, -0.2) is 9.78 Å². The fourth-order valence-electron chi connectivity index (χ4n) is 4.34. The number of hydrogen-bond donors (Lipinski definition) is 0. The van der Waals surface area contributed by atoms with E-state index in [9.17, 15) is 0 Å². The van der Waals surface area contributed by atoms with Crippen LogP contribution in [0.3, 0.4) is 0 Å². The normalized spacial score (nSPS) is 15.2. The van der Waals surface area contributed by atoms with Crippen LogP contribution >= 0.6 is 11.6 Å². The highest BCUT2D eigenvalue weighted by Gasteiger charge is 2.22. The number of halogens is 1. The van der Waals surface area contributed by atoms with E-state index in [1.807, 2.05) is 12.1 Å². The van der Waals surface area contributed by atoms with Gasteiger partial charge in [0.1, 0.15) is 5.69 Å². The molecule has 140 valence electrons. The smallest absolute Gasteiger partial charge is 0.100 e. The number of rotatable bonds is 5. The van der Waals surface area contributed by atoms with Gasteiger partial charge in [0, 0.05) is 28.4 Å². The monoisotopic (exact) mass is 378 g/mol. The van der Waals surface area contributed by atoms with Gasteiger partial charge >= 0.3 is 0 Å². The minimum Gasteiger partial charge on any atom is -0.268 e. The van der Waals surface area contributed by atoms with Crippen molar-refractivity contribution in [3.8, 4) is 22.4 Å². The lowest BCUT2D eigenvalue weighted by atomic mass is 9.89. The number of nitrogens with zero attached hydrogens (tertiary/aromatic N) is 2. The number of benzene rings is 2. The van der Waals surface area contributed by atoms with Crippen LogP contribution in [0.25, 0.3) is 22.4 Å². The molecule has 1 heterocycles. The molecule has 0 N–H and O–H groups in total. The maximum atomic E-state index is 6.12. The molecular weight excluding hydrogens is 352 g/mol. The van der Waals surface area contributed by atoms with E-state index in [1.54, 1.807) is 0 Å². The Morgan fingerprint density at radius 1 is 0.926 bits per heavy atom. The molecule has 3 heteroatoms. The summed E-state index contributed by atoms with van der Waals surface area (Å²) in [4.78, 5) is 0. The molecule has 2 nitrogen and oxygen atoms in total. The summed E-state index contributed by atoms with van der Waals surface area (Å²) in [5.41, 5.74) is 6.07. The standard InChI is InChI=1S/C24H27ClN2/c1-2-22-23(19-11-7-4-8-12-19)24(20-13-15-21(25)16-14-20)26-27(22)17-18-9-5-3-6-10-18/h4,7-8,11-16,18H,2-3,5-6,9-10,17H2,1H3. The first kappa shape index (κ1) is 18.3. The summed E-state index contributed by atoms with van der Waals surface area (Å²) in [5, 5.41) is 5.89. The van der Waals surface area contributed by atoms with Gasteiger partial charge in [0.2, 0.25) is 0 Å². The Bertz CT molecular complexity index is 875. The van der Waals surface area contributed by atoms with Crippen molar-refractivity contribution >= 4 is 11.6 Å². The molecule has 3 aromatic rings. The summed E-state index contributed by atoms with van der Waals surface area (Å²) in [5.74, 6) is 0.755. The molecule has 1 fully saturated rings. The van der Waals surface area contributed by atoms with Gasteiger partial charge in [0.25, 0.3) is 0 Å². The van der Waals surface area contributed by atoms with E-state index in [1.165, 1.54) is 48.9 Å². The molecule has 0 bridgehead atoms. The van der Waals surface area contributed by atoms with E-state index in [2.05, 4.69) is 54.1 Å². The molecule has 4 rings (SSSR count). The van der Waals surface area contributed by atoms with E-state index < -0.39 is 0 Å². The van der Waals surface area contributed by atoms with Crippen molar-refractivity contribution in [1.82, 2.24) is 9.78 Å². The largest absolute Gasteiger partial charge is 0.268 e. The molecule has 0 radical (unpaired) electrons. The van der Waals surface area contributed by atoms with Crippen molar-refractivity contribution in [3.05, 3.63) is 65.3 Å². The highest BCUT2D eigenvalue weighted by Crippen LogP contribution is 2.36. The van der Waals surface area contributed by atoms with Crippen LogP contribution in [0.5, 0.6) is 0 Å². The maximum Gasteiger partial charge on any atom is 0.100 e. The van der Waals surface area contributed by atoms with E-state index in [0.717, 1.165) is 35.2 Å². The average Bonchev–Trinajstić information content (AvgIpc) is 3.08. The lowest BCUT2D eigenvalue weighted by Crippen LogP contribution is -2.16. The van der Waals surface area contributed by atoms with Gasteiger partial charge in [0.05, 0.1) is 0 Å². The van der Waals surface area contributed by atoms with Crippen LogP contribution in [0.1, 0.15) is 44.7 Å². The summed E-state index contributed by atoms with van der Waals surface area (Å²) < 4.78 is 2.29. The second-order valence-corrected chi connectivity index (χ2v) is 8.02. The molecule has 0 aliphatic heterocycles. The molecule has 2 aromatic carbocycles. The van der Waals surface area contributed by atoms with Crippen LogP contribution < -0.4 is 0 Å². The molecule has 0 unspecified atom stereocenters. The predicted octanol–water partition coefficient (Wildman–Crippen LogP) is 7.01. The summed E-state index contributed by atoms with van der Waals surface area (Å²) in [6.07, 6.45) is 7.77. The Hall–Kier alpha value is -2.06.